The van der Waals surface area contributed by atoms with Gasteiger partial charge in [-0.25, -0.2) is 0 Å². The molecule has 0 spiro atoms. The topological polar surface area (TPSA) is 84.6 Å². The lowest BCUT2D eigenvalue weighted by molar-refractivity contribution is -0.385. The number of nitrogens with zero attached hydrogens (tertiary/aromatic N) is 1. The molecule has 7 heteroatoms. The molecule has 110 valence electrons. The van der Waals surface area contributed by atoms with Gasteiger partial charge in [0.25, 0.3) is 5.69 Å². The first-order chi connectivity index (χ1) is 9.33. The van der Waals surface area contributed by atoms with Gasteiger partial charge >= 0.3 is 0 Å². The van der Waals surface area contributed by atoms with E-state index in [4.69, 9.17) is 4.74 Å². The molecule has 0 saturated carbocycles. The molecule has 0 amide bonds. The summed E-state index contributed by atoms with van der Waals surface area (Å²) in [5.41, 5.74) is 0.456. The number of hydrogen-bond donors (Lipinski definition) is 2. The highest BCUT2D eigenvalue weighted by atomic mass is 79.9. The van der Waals surface area contributed by atoms with E-state index in [1.165, 1.54) is 6.07 Å². The van der Waals surface area contributed by atoms with Crippen LogP contribution in [-0.2, 0) is 4.74 Å². The van der Waals surface area contributed by atoms with Gasteiger partial charge in [-0.3, -0.25) is 10.1 Å². The van der Waals surface area contributed by atoms with Gasteiger partial charge < -0.3 is 15.2 Å². The molecule has 0 bridgehead atoms. The molecule has 2 rings (SSSR count). The number of aryl methyl sites for hydroxylation is 1. The summed E-state index contributed by atoms with van der Waals surface area (Å²) in [6, 6.07) is 3.17. The Hall–Kier alpha value is -1.18. The molecule has 0 aliphatic carbocycles. The number of nitro groups is 1. The molecule has 2 unspecified atom stereocenters. The number of nitrogens with one attached hydrogen (secondary N) is 1. The maximum absolute atomic E-state index is 10.9. The van der Waals surface area contributed by atoms with Crippen LogP contribution in [0, 0.1) is 17.0 Å². The second-order valence-electron chi connectivity index (χ2n) is 5.10. The summed E-state index contributed by atoms with van der Waals surface area (Å²) in [6.07, 6.45) is 0.345. The van der Waals surface area contributed by atoms with Crippen LogP contribution in [0.1, 0.15) is 18.9 Å². The van der Waals surface area contributed by atoms with Gasteiger partial charge in [0.05, 0.1) is 11.0 Å². The molecule has 0 radical (unpaired) electrons. The SMILES string of the molecule is Cc1cc(NCC2(O)CCOC2C)c(Br)cc1[N+](=O)[O-]. The maximum atomic E-state index is 10.9. The van der Waals surface area contributed by atoms with Crippen molar-refractivity contribution in [3.05, 3.63) is 32.3 Å². The average molecular weight is 345 g/mol. The average Bonchev–Trinajstić information content (AvgIpc) is 2.70. The van der Waals surface area contributed by atoms with Gasteiger partial charge in [-0.1, -0.05) is 0 Å². The van der Waals surface area contributed by atoms with Crippen LogP contribution < -0.4 is 5.32 Å². The minimum Gasteiger partial charge on any atom is -0.385 e. The van der Waals surface area contributed by atoms with Gasteiger partial charge in [-0.05, 0) is 35.8 Å². The highest BCUT2D eigenvalue weighted by molar-refractivity contribution is 9.10. The third kappa shape index (κ3) is 2.94. The first kappa shape index (κ1) is 15.2. The van der Waals surface area contributed by atoms with E-state index in [9.17, 15) is 15.2 Å². The third-order valence-electron chi connectivity index (χ3n) is 3.73. The number of rotatable bonds is 4. The van der Waals surface area contributed by atoms with E-state index in [2.05, 4.69) is 21.2 Å². The second kappa shape index (κ2) is 5.67. The zero-order chi connectivity index (χ0) is 14.9. The van der Waals surface area contributed by atoms with Crippen molar-refractivity contribution in [3.63, 3.8) is 0 Å². The van der Waals surface area contributed by atoms with Gasteiger partial charge in [-0.15, -0.1) is 0 Å². The highest BCUT2D eigenvalue weighted by Gasteiger charge is 2.39. The molecule has 20 heavy (non-hydrogen) atoms. The van der Waals surface area contributed by atoms with Gasteiger partial charge in [0.1, 0.15) is 5.60 Å². The van der Waals surface area contributed by atoms with Crippen molar-refractivity contribution in [2.24, 2.45) is 0 Å². The molecule has 1 aliphatic heterocycles. The van der Waals surface area contributed by atoms with E-state index >= 15 is 0 Å². The van der Waals surface area contributed by atoms with Gasteiger partial charge in [-0.2, -0.15) is 0 Å². The lowest BCUT2D eigenvalue weighted by atomic mass is 9.96. The molecule has 1 aromatic carbocycles. The van der Waals surface area contributed by atoms with Crippen LogP contribution in [-0.4, -0.2) is 34.9 Å². The van der Waals surface area contributed by atoms with E-state index in [0.717, 1.165) is 5.69 Å². The molecule has 1 aromatic rings. The van der Waals surface area contributed by atoms with E-state index in [0.29, 0.717) is 29.6 Å². The summed E-state index contributed by atoms with van der Waals surface area (Å²) in [7, 11) is 0. The molecular weight excluding hydrogens is 328 g/mol. The quantitative estimate of drug-likeness (QED) is 0.647. The van der Waals surface area contributed by atoms with E-state index in [1.54, 1.807) is 13.0 Å². The number of hydrogen-bond acceptors (Lipinski definition) is 5. The molecule has 1 heterocycles. The van der Waals surface area contributed by atoms with Crippen LogP contribution in [0.25, 0.3) is 0 Å². The predicted molar refractivity (Wildman–Crippen MR) is 79.0 cm³/mol. The fraction of sp³-hybridized carbons (Fsp3) is 0.538. The molecule has 1 aliphatic rings. The first-order valence-electron chi connectivity index (χ1n) is 6.36. The molecule has 2 atom stereocenters. The Kier molecular flexibility index (Phi) is 4.31. The summed E-state index contributed by atoms with van der Waals surface area (Å²) >= 11 is 3.31. The maximum Gasteiger partial charge on any atom is 0.273 e. The Balaban J connectivity index is 2.14. The number of nitro benzene ring substituents is 1. The second-order valence-corrected chi connectivity index (χ2v) is 5.95. The lowest BCUT2D eigenvalue weighted by Crippen LogP contribution is -2.43. The van der Waals surface area contributed by atoms with Crippen LogP contribution >= 0.6 is 15.9 Å². The van der Waals surface area contributed by atoms with Crippen molar-refractivity contribution in [1.29, 1.82) is 0 Å². The van der Waals surface area contributed by atoms with E-state index in [-0.39, 0.29) is 11.8 Å². The van der Waals surface area contributed by atoms with Crippen molar-refractivity contribution in [1.82, 2.24) is 0 Å². The molecule has 6 nitrogen and oxygen atoms in total. The smallest absolute Gasteiger partial charge is 0.273 e. The fourth-order valence-corrected chi connectivity index (χ4v) is 2.73. The number of benzene rings is 1. The van der Waals surface area contributed by atoms with Gasteiger partial charge in [0.15, 0.2) is 0 Å². The molecule has 0 aromatic heterocycles. The van der Waals surface area contributed by atoms with Crippen LogP contribution in [0.3, 0.4) is 0 Å². The Morgan fingerprint density at radius 1 is 1.65 bits per heavy atom. The summed E-state index contributed by atoms with van der Waals surface area (Å²) in [6.45, 7) is 4.40. The Morgan fingerprint density at radius 3 is 2.90 bits per heavy atom. The van der Waals surface area contributed by atoms with Gasteiger partial charge in [0.2, 0.25) is 0 Å². The Labute approximate surface area is 125 Å². The molecule has 2 N–H and O–H groups in total. The Morgan fingerprint density at radius 2 is 2.35 bits per heavy atom. The standard InChI is InChI=1S/C13H17BrN2O4/c1-8-5-11(10(14)6-12(8)16(18)19)15-7-13(17)3-4-20-9(13)2/h5-6,9,15,17H,3-4,7H2,1-2H3. The summed E-state index contributed by atoms with van der Waals surface area (Å²) in [5, 5.41) is 24.4. The number of ether oxygens (including phenoxy) is 1. The molecule has 1 fully saturated rings. The number of aliphatic hydroxyl groups is 1. The zero-order valence-electron chi connectivity index (χ0n) is 11.4. The van der Waals surface area contributed by atoms with Gasteiger partial charge in [0, 0.05) is 41.4 Å². The minimum absolute atomic E-state index is 0.0682. The monoisotopic (exact) mass is 344 g/mol. The lowest BCUT2D eigenvalue weighted by Gasteiger charge is -2.27. The number of anilines is 1. The van der Waals surface area contributed by atoms with Crippen LogP contribution in [0.5, 0.6) is 0 Å². The largest absolute Gasteiger partial charge is 0.385 e. The van der Waals surface area contributed by atoms with Crippen molar-refractivity contribution >= 4 is 27.3 Å². The molecule has 1 saturated heterocycles. The highest BCUT2D eigenvalue weighted by Crippen LogP contribution is 2.32. The third-order valence-corrected chi connectivity index (χ3v) is 4.38. The van der Waals surface area contributed by atoms with Crippen LogP contribution in [0.4, 0.5) is 11.4 Å². The number of halogens is 1. The summed E-state index contributed by atoms with van der Waals surface area (Å²) < 4.78 is 5.97. The normalized spacial score (nSPS) is 25.7. The zero-order valence-corrected chi connectivity index (χ0v) is 12.9. The van der Waals surface area contributed by atoms with Crippen molar-refractivity contribution in [2.75, 3.05) is 18.5 Å². The predicted octanol–water partition coefficient (Wildman–Crippen LogP) is 2.62. The summed E-state index contributed by atoms with van der Waals surface area (Å²) in [4.78, 5) is 10.4. The first-order valence-corrected chi connectivity index (χ1v) is 7.15. The van der Waals surface area contributed by atoms with Crippen LogP contribution in [0.15, 0.2) is 16.6 Å². The fourth-order valence-electron chi connectivity index (χ4n) is 2.25. The van der Waals surface area contributed by atoms with Crippen molar-refractivity contribution < 1.29 is 14.8 Å². The Bertz CT molecular complexity index is 537. The van der Waals surface area contributed by atoms with Crippen molar-refractivity contribution in [2.45, 2.75) is 32.0 Å². The van der Waals surface area contributed by atoms with E-state index in [1.807, 2.05) is 6.92 Å². The summed E-state index contributed by atoms with van der Waals surface area (Å²) in [5.74, 6) is 0. The van der Waals surface area contributed by atoms with E-state index < -0.39 is 10.5 Å². The van der Waals surface area contributed by atoms with Crippen molar-refractivity contribution in [3.8, 4) is 0 Å². The van der Waals surface area contributed by atoms with Crippen LogP contribution in [0.2, 0.25) is 0 Å². The minimum atomic E-state index is -0.908. The molecular formula is C13H17BrN2O4.